The van der Waals surface area contributed by atoms with E-state index in [-0.39, 0.29) is 12.2 Å². The lowest BCUT2D eigenvalue weighted by Gasteiger charge is -2.23. The number of nitrogens with one attached hydrogen (secondary N) is 2. The lowest BCUT2D eigenvalue weighted by Crippen LogP contribution is -2.31. The van der Waals surface area contributed by atoms with Crippen LogP contribution in [-0.2, 0) is 6.54 Å². The first-order valence-corrected chi connectivity index (χ1v) is 9.04. The van der Waals surface area contributed by atoms with Crippen LogP contribution in [0.25, 0.3) is 0 Å². The normalized spacial score (nSPS) is 14.9. The molecule has 7 nitrogen and oxygen atoms in total. The maximum absolute atomic E-state index is 13.7. The molecule has 4 rings (SSSR count). The number of nitrogens with zero attached hydrogens (tertiary/aromatic N) is 1. The molecule has 29 heavy (non-hydrogen) atoms. The van der Waals surface area contributed by atoms with Gasteiger partial charge in [0.25, 0.3) is 0 Å². The molecule has 0 saturated heterocycles. The molecule has 1 aliphatic heterocycles. The van der Waals surface area contributed by atoms with Crippen LogP contribution in [0.4, 0.5) is 26.2 Å². The average Bonchev–Trinajstić information content (AvgIpc) is 3.07. The molecule has 0 saturated carbocycles. The Morgan fingerprint density at radius 3 is 2.52 bits per heavy atom. The van der Waals surface area contributed by atoms with Gasteiger partial charge in [0.2, 0.25) is 0 Å². The second-order valence-corrected chi connectivity index (χ2v) is 6.50. The summed E-state index contributed by atoms with van der Waals surface area (Å²) in [5, 5.41) is 6.76. The number of hydrogen-bond donors (Lipinski definition) is 4. The summed E-state index contributed by atoms with van der Waals surface area (Å²) in [6, 6.07) is 18.2. The van der Waals surface area contributed by atoms with E-state index >= 15 is 0 Å². The standard InChI is InChI=1S/C21H20FN5O2/c22-16-6-2-3-7-18(16)26-21(28)25-17-10-9-14(11-13(17)12-23)27-20(24)15-5-1-4-8-19(15)29-27/h1-11,20H,12,23-24H2,(H2,25,26,28). The monoisotopic (exact) mass is 393 g/mol. The summed E-state index contributed by atoms with van der Waals surface area (Å²) in [5.41, 5.74) is 15.0. The van der Waals surface area contributed by atoms with Crippen LogP contribution in [0.3, 0.4) is 0 Å². The topological polar surface area (TPSA) is 106 Å². The highest BCUT2D eigenvalue weighted by Crippen LogP contribution is 2.38. The van der Waals surface area contributed by atoms with Gasteiger partial charge in [0.1, 0.15) is 12.0 Å². The highest BCUT2D eigenvalue weighted by molar-refractivity contribution is 6.00. The van der Waals surface area contributed by atoms with Crippen molar-refractivity contribution in [1.29, 1.82) is 0 Å². The second-order valence-electron chi connectivity index (χ2n) is 6.50. The highest BCUT2D eigenvalue weighted by atomic mass is 19.1. The van der Waals surface area contributed by atoms with Crippen molar-refractivity contribution in [2.45, 2.75) is 12.7 Å². The first-order valence-electron chi connectivity index (χ1n) is 9.04. The number of nitrogens with two attached hydrogens (primary N) is 2. The molecular formula is C21H20FN5O2. The zero-order valence-electron chi connectivity index (χ0n) is 15.4. The predicted octanol–water partition coefficient (Wildman–Crippen LogP) is 3.70. The zero-order valence-corrected chi connectivity index (χ0v) is 15.4. The number of benzene rings is 3. The molecule has 0 aromatic heterocycles. The lowest BCUT2D eigenvalue weighted by atomic mass is 10.1. The number of carbonyl (C=O) groups is 1. The third-order valence-electron chi connectivity index (χ3n) is 4.62. The number of hydrogen-bond acceptors (Lipinski definition) is 5. The second kappa shape index (κ2) is 7.78. The van der Waals surface area contributed by atoms with E-state index in [0.29, 0.717) is 22.7 Å². The number of urea groups is 1. The Morgan fingerprint density at radius 2 is 1.76 bits per heavy atom. The largest absolute Gasteiger partial charge is 0.377 e. The first kappa shape index (κ1) is 18.7. The van der Waals surface area contributed by atoms with Crippen molar-refractivity contribution in [3.05, 3.63) is 83.7 Å². The van der Waals surface area contributed by atoms with Gasteiger partial charge in [0.15, 0.2) is 5.75 Å². The molecule has 148 valence electrons. The first-order chi connectivity index (χ1) is 14.1. The Bertz CT molecular complexity index is 1060. The summed E-state index contributed by atoms with van der Waals surface area (Å²) in [5.74, 6) is 0.178. The molecule has 1 aliphatic rings. The molecule has 8 heteroatoms. The van der Waals surface area contributed by atoms with Crippen molar-refractivity contribution in [3.63, 3.8) is 0 Å². The Hall–Kier alpha value is -3.62. The minimum Gasteiger partial charge on any atom is -0.377 e. The van der Waals surface area contributed by atoms with Gasteiger partial charge in [0, 0.05) is 17.8 Å². The number of hydroxylamine groups is 1. The molecule has 1 unspecified atom stereocenters. The zero-order chi connectivity index (χ0) is 20.4. The number of amides is 2. The quantitative estimate of drug-likeness (QED) is 0.541. The molecule has 3 aromatic carbocycles. The highest BCUT2D eigenvalue weighted by Gasteiger charge is 2.30. The molecule has 0 aliphatic carbocycles. The fourth-order valence-corrected chi connectivity index (χ4v) is 3.16. The third kappa shape index (κ3) is 3.71. The fraction of sp³-hybridized carbons (Fsp3) is 0.0952. The molecule has 0 spiro atoms. The molecule has 0 bridgehead atoms. The average molecular weight is 393 g/mol. The number of halogens is 1. The molecule has 3 aromatic rings. The van der Waals surface area contributed by atoms with E-state index in [1.54, 1.807) is 35.4 Å². The van der Waals surface area contributed by atoms with E-state index in [1.807, 2.05) is 24.3 Å². The number of anilines is 3. The van der Waals surface area contributed by atoms with Crippen LogP contribution in [0.2, 0.25) is 0 Å². The van der Waals surface area contributed by atoms with Crippen LogP contribution < -0.4 is 32.0 Å². The summed E-state index contributed by atoms with van der Waals surface area (Å²) < 4.78 is 13.7. The number of para-hydroxylation sites is 2. The summed E-state index contributed by atoms with van der Waals surface area (Å²) in [6.45, 7) is 0.180. The van der Waals surface area contributed by atoms with Crippen molar-refractivity contribution in [3.8, 4) is 5.75 Å². The van der Waals surface area contributed by atoms with Gasteiger partial charge in [-0.2, -0.15) is 5.06 Å². The molecule has 0 radical (unpaired) electrons. The van der Waals surface area contributed by atoms with Crippen LogP contribution in [0.15, 0.2) is 66.7 Å². The van der Waals surface area contributed by atoms with Gasteiger partial charge >= 0.3 is 6.03 Å². The van der Waals surface area contributed by atoms with Crippen molar-refractivity contribution < 1.29 is 14.0 Å². The van der Waals surface area contributed by atoms with Crippen molar-refractivity contribution in [2.24, 2.45) is 11.5 Å². The SMILES string of the molecule is NCc1cc(N2Oc3ccccc3C2N)ccc1NC(=O)Nc1ccccc1F. The molecular weight excluding hydrogens is 373 g/mol. The van der Waals surface area contributed by atoms with Gasteiger partial charge in [0.05, 0.1) is 11.4 Å². The Kier molecular flexibility index (Phi) is 5.03. The Morgan fingerprint density at radius 1 is 1.03 bits per heavy atom. The van der Waals surface area contributed by atoms with E-state index < -0.39 is 18.0 Å². The minimum absolute atomic E-state index is 0.0881. The van der Waals surface area contributed by atoms with Gasteiger partial charge < -0.3 is 26.9 Å². The van der Waals surface area contributed by atoms with Gasteiger partial charge in [-0.15, -0.1) is 0 Å². The number of fused-ring (bicyclic) bond motifs is 1. The van der Waals surface area contributed by atoms with Crippen molar-refractivity contribution in [2.75, 3.05) is 15.7 Å². The van der Waals surface area contributed by atoms with E-state index in [1.165, 1.54) is 12.1 Å². The molecule has 1 atom stereocenters. The van der Waals surface area contributed by atoms with Crippen LogP contribution in [-0.4, -0.2) is 6.03 Å². The molecule has 0 fully saturated rings. The molecule has 1 heterocycles. The van der Waals surface area contributed by atoms with Gasteiger partial charge in [-0.25, -0.2) is 9.18 Å². The van der Waals surface area contributed by atoms with Gasteiger partial charge in [-0.1, -0.05) is 30.3 Å². The maximum Gasteiger partial charge on any atom is 0.323 e. The van der Waals surface area contributed by atoms with Crippen molar-refractivity contribution in [1.82, 2.24) is 0 Å². The Labute approximate surface area is 167 Å². The minimum atomic E-state index is -0.570. The number of rotatable bonds is 4. The van der Waals surface area contributed by atoms with E-state index in [2.05, 4.69) is 10.6 Å². The van der Waals surface area contributed by atoms with Crippen LogP contribution in [0.1, 0.15) is 17.3 Å². The fourth-order valence-electron chi connectivity index (χ4n) is 3.16. The van der Waals surface area contributed by atoms with E-state index in [9.17, 15) is 9.18 Å². The summed E-state index contributed by atoms with van der Waals surface area (Å²) in [6.07, 6.45) is -0.458. The Balaban J connectivity index is 1.52. The third-order valence-corrected chi connectivity index (χ3v) is 4.62. The smallest absolute Gasteiger partial charge is 0.323 e. The molecule has 6 N–H and O–H groups in total. The molecule has 2 amide bonds. The summed E-state index contributed by atoms with van der Waals surface area (Å²) in [4.78, 5) is 18.1. The van der Waals surface area contributed by atoms with Crippen LogP contribution in [0.5, 0.6) is 5.75 Å². The van der Waals surface area contributed by atoms with Crippen molar-refractivity contribution >= 4 is 23.1 Å². The summed E-state index contributed by atoms with van der Waals surface area (Å²) in [7, 11) is 0. The van der Waals surface area contributed by atoms with Gasteiger partial charge in [-0.3, -0.25) is 0 Å². The lowest BCUT2D eigenvalue weighted by molar-refractivity contribution is 0.262. The maximum atomic E-state index is 13.7. The van der Waals surface area contributed by atoms with E-state index in [0.717, 1.165) is 5.56 Å². The van der Waals surface area contributed by atoms with Gasteiger partial charge in [-0.05, 0) is 42.0 Å². The van der Waals surface area contributed by atoms with Crippen LogP contribution >= 0.6 is 0 Å². The summed E-state index contributed by atoms with van der Waals surface area (Å²) >= 11 is 0. The predicted molar refractivity (Wildman–Crippen MR) is 110 cm³/mol. The van der Waals surface area contributed by atoms with E-state index in [4.69, 9.17) is 16.3 Å². The number of carbonyl (C=O) groups excluding carboxylic acids is 1. The van der Waals surface area contributed by atoms with Crippen LogP contribution in [0, 0.1) is 5.82 Å².